The number of nitrogens with one attached hydrogen (secondary N) is 2. The van der Waals surface area contributed by atoms with E-state index in [9.17, 15) is 0 Å². The highest BCUT2D eigenvalue weighted by Gasteiger charge is 2.29. The molecular formula is C17H18N8O. The van der Waals surface area contributed by atoms with Crippen LogP contribution in [0.2, 0.25) is 0 Å². The van der Waals surface area contributed by atoms with Gasteiger partial charge in [-0.1, -0.05) is 12.1 Å². The number of methoxy groups -OCH3 is 1. The molecule has 1 fully saturated rings. The fourth-order valence-electron chi connectivity index (χ4n) is 3.38. The lowest BCUT2D eigenvalue weighted by Gasteiger charge is -2.10. The molecule has 2 unspecified atom stereocenters. The highest BCUT2D eigenvalue weighted by molar-refractivity contribution is 5.88. The minimum atomic E-state index is 0.0220. The number of benzene rings is 1. The summed E-state index contributed by atoms with van der Waals surface area (Å²) in [4.78, 5) is 9.13. The summed E-state index contributed by atoms with van der Waals surface area (Å²) >= 11 is 0. The number of hydrazine groups is 1. The van der Waals surface area contributed by atoms with E-state index in [4.69, 9.17) is 9.72 Å². The summed E-state index contributed by atoms with van der Waals surface area (Å²) in [5.41, 5.74) is 9.40. The van der Waals surface area contributed by atoms with Crippen LogP contribution in [0.3, 0.4) is 0 Å². The van der Waals surface area contributed by atoms with Crippen LogP contribution in [0.15, 0.2) is 36.8 Å². The molecule has 0 radical (unpaired) electrons. The predicted octanol–water partition coefficient (Wildman–Crippen LogP) is 1.30. The summed E-state index contributed by atoms with van der Waals surface area (Å²) in [5, 5.41) is 9.74. The third-order valence-corrected chi connectivity index (χ3v) is 4.82. The smallest absolute Gasteiger partial charge is 0.170 e. The van der Waals surface area contributed by atoms with Crippen LogP contribution >= 0.6 is 0 Å². The van der Waals surface area contributed by atoms with Gasteiger partial charge in [0, 0.05) is 13.1 Å². The molecule has 5 rings (SSSR count). The van der Waals surface area contributed by atoms with E-state index in [1.54, 1.807) is 28.8 Å². The largest absolute Gasteiger partial charge is 0.497 e. The Morgan fingerprint density at radius 2 is 1.92 bits per heavy atom. The molecule has 0 spiro atoms. The fourth-order valence-corrected chi connectivity index (χ4v) is 3.38. The molecule has 4 heterocycles. The second-order valence-electron chi connectivity index (χ2n) is 6.39. The number of aromatic nitrogens is 6. The molecule has 2 atom stereocenters. The van der Waals surface area contributed by atoms with Crippen molar-refractivity contribution in [3.8, 4) is 5.75 Å². The summed E-state index contributed by atoms with van der Waals surface area (Å²) < 4.78 is 8.67. The topological polar surface area (TPSA) is 94.2 Å². The van der Waals surface area contributed by atoms with Crippen molar-refractivity contribution < 1.29 is 4.74 Å². The standard InChI is InChI=1S/C17H18N8O/c1-24-16-12(8-19-24)17-20-15(23-25(17)9-18-16)14-7-13(21-22-14)10-3-5-11(26-2)6-4-10/h3-6,8-9,13-14,21-22H,7H2,1-2H3. The summed E-state index contributed by atoms with van der Waals surface area (Å²) in [6.07, 6.45) is 4.31. The molecule has 3 aromatic heterocycles. The predicted molar refractivity (Wildman–Crippen MR) is 94.4 cm³/mol. The quantitative estimate of drug-likeness (QED) is 0.575. The average molecular weight is 350 g/mol. The molecule has 2 N–H and O–H groups in total. The minimum absolute atomic E-state index is 0.0220. The van der Waals surface area contributed by atoms with Gasteiger partial charge in [-0.25, -0.2) is 25.3 Å². The van der Waals surface area contributed by atoms with E-state index in [1.807, 2.05) is 19.2 Å². The van der Waals surface area contributed by atoms with Crippen LogP contribution in [0.5, 0.6) is 5.75 Å². The molecule has 26 heavy (non-hydrogen) atoms. The normalized spacial score (nSPS) is 20.2. The van der Waals surface area contributed by atoms with E-state index in [0.29, 0.717) is 0 Å². The summed E-state index contributed by atoms with van der Waals surface area (Å²) in [5.74, 6) is 1.60. The Bertz CT molecular complexity index is 1080. The number of rotatable bonds is 3. The van der Waals surface area contributed by atoms with Crippen molar-refractivity contribution in [2.45, 2.75) is 18.5 Å². The van der Waals surface area contributed by atoms with Gasteiger partial charge >= 0.3 is 0 Å². The average Bonchev–Trinajstić information content (AvgIpc) is 3.39. The molecule has 1 saturated heterocycles. The maximum absolute atomic E-state index is 5.22. The van der Waals surface area contributed by atoms with Gasteiger partial charge in [0.15, 0.2) is 17.1 Å². The Morgan fingerprint density at radius 3 is 2.73 bits per heavy atom. The number of hydrogen-bond acceptors (Lipinski definition) is 7. The first-order valence-electron chi connectivity index (χ1n) is 8.41. The first-order chi connectivity index (χ1) is 12.7. The summed E-state index contributed by atoms with van der Waals surface area (Å²) in [6, 6.07) is 8.29. The summed E-state index contributed by atoms with van der Waals surface area (Å²) in [7, 11) is 3.54. The van der Waals surface area contributed by atoms with E-state index in [0.717, 1.165) is 34.7 Å². The Morgan fingerprint density at radius 1 is 1.12 bits per heavy atom. The van der Waals surface area contributed by atoms with Crippen LogP contribution < -0.4 is 15.6 Å². The number of fused-ring (bicyclic) bond motifs is 3. The Balaban J connectivity index is 1.44. The molecule has 0 aliphatic carbocycles. The summed E-state index contributed by atoms with van der Waals surface area (Å²) in [6.45, 7) is 0. The maximum atomic E-state index is 5.22. The van der Waals surface area contributed by atoms with Crippen molar-refractivity contribution in [2.24, 2.45) is 7.05 Å². The van der Waals surface area contributed by atoms with Gasteiger partial charge in [-0.15, -0.1) is 5.10 Å². The van der Waals surface area contributed by atoms with Crippen molar-refractivity contribution in [3.63, 3.8) is 0 Å². The van der Waals surface area contributed by atoms with Gasteiger partial charge < -0.3 is 4.74 Å². The van der Waals surface area contributed by atoms with E-state index < -0.39 is 0 Å². The third-order valence-electron chi connectivity index (χ3n) is 4.82. The molecule has 0 bridgehead atoms. The second-order valence-corrected chi connectivity index (χ2v) is 6.39. The highest BCUT2D eigenvalue weighted by Crippen LogP contribution is 2.30. The van der Waals surface area contributed by atoms with Crippen molar-refractivity contribution >= 4 is 16.7 Å². The van der Waals surface area contributed by atoms with Crippen LogP contribution in [-0.4, -0.2) is 36.5 Å². The molecule has 0 saturated carbocycles. The zero-order valence-electron chi connectivity index (χ0n) is 14.4. The van der Waals surface area contributed by atoms with Gasteiger partial charge in [-0.3, -0.25) is 4.68 Å². The lowest BCUT2D eigenvalue weighted by Crippen LogP contribution is -2.27. The van der Waals surface area contributed by atoms with Crippen molar-refractivity contribution in [3.05, 3.63) is 48.2 Å². The number of nitrogens with zero attached hydrogens (tertiary/aromatic N) is 6. The first kappa shape index (κ1) is 15.2. The molecule has 1 aliphatic rings. The molecule has 4 aromatic rings. The molecule has 132 valence electrons. The molecule has 1 aromatic carbocycles. The van der Waals surface area contributed by atoms with Crippen LogP contribution in [0.25, 0.3) is 16.7 Å². The van der Waals surface area contributed by atoms with E-state index in [2.05, 4.69) is 38.2 Å². The Labute approximate surface area is 149 Å². The van der Waals surface area contributed by atoms with E-state index in [1.165, 1.54) is 5.56 Å². The number of aryl methyl sites for hydroxylation is 1. The van der Waals surface area contributed by atoms with E-state index in [-0.39, 0.29) is 12.1 Å². The van der Waals surface area contributed by atoms with Crippen molar-refractivity contribution in [1.82, 2.24) is 40.2 Å². The fraction of sp³-hybridized carbons (Fsp3) is 0.294. The van der Waals surface area contributed by atoms with Crippen LogP contribution in [-0.2, 0) is 7.05 Å². The Kier molecular flexibility index (Phi) is 3.37. The van der Waals surface area contributed by atoms with Gasteiger partial charge in [0.05, 0.1) is 24.7 Å². The van der Waals surface area contributed by atoms with Crippen molar-refractivity contribution in [2.75, 3.05) is 7.11 Å². The SMILES string of the molecule is COc1ccc(C2CC(c3nc4c5cnn(C)c5ncn4n3)NN2)cc1. The number of hydrogen-bond donors (Lipinski definition) is 2. The van der Waals surface area contributed by atoms with Crippen LogP contribution in [0.4, 0.5) is 0 Å². The maximum Gasteiger partial charge on any atom is 0.170 e. The lowest BCUT2D eigenvalue weighted by atomic mass is 10.0. The zero-order valence-corrected chi connectivity index (χ0v) is 14.4. The van der Waals surface area contributed by atoms with Crippen LogP contribution in [0, 0.1) is 0 Å². The van der Waals surface area contributed by atoms with Gasteiger partial charge in [-0.05, 0) is 24.1 Å². The highest BCUT2D eigenvalue weighted by atomic mass is 16.5. The van der Waals surface area contributed by atoms with Crippen molar-refractivity contribution in [1.29, 1.82) is 0 Å². The second kappa shape index (κ2) is 5.75. The van der Waals surface area contributed by atoms with Gasteiger partial charge in [0.2, 0.25) is 0 Å². The zero-order chi connectivity index (χ0) is 17.7. The minimum Gasteiger partial charge on any atom is -0.497 e. The molecule has 9 heteroatoms. The first-order valence-corrected chi connectivity index (χ1v) is 8.41. The third kappa shape index (κ3) is 2.32. The molecular weight excluding hydrogens is 332 g/mol. The van der Waals surface area contributed by atoms with Gasteiger partial charge in [0.25, 0.3) is 0 Å². The lowest BCUT2D eigenvalue weighted by molar-refractivity contribution is 0.414. The Hall–Kier alpha value is -3.04. The van der Waals surface area contributed by atoms with Gasteiger partial charge in [-0.2, -0.15) is 5.10 Å². The van der Waals surface area contributed by atoms with Gasteiger partial charge in [0.1, 0.15) is 12.1 Å². The monoisotopic (exact) mass is 350 g/mol. The van der Waals surface area contributed by atoms with E-state index >= 15 is 0 Å². The number of ether oxygens (including phenoxy) is 1. The molecule has 9 nitrogen and oxygen atoms in total. The van der Waals surface area contributed by atoms with Crippen LogP contribution in [0.1, 0.15) is 29.9 Å². The molecule has 1 aliphatic heterocycles. The molecule has 0 amide bonds.